The Morgan fingerprint density at radius 1 is 1.10 bits per heavy atom. The van der Waals surface area contributed by atoms with Gasteiger partial charge in [0.2, 0.25) is 5.91 Å². The summed E-state index contributed by atoms with van der Waals surface area (Å²) >= 11 is 3.36. The van der Waals surface area contributed by atoms with E-state index in [1.165, 1.54) is 6.08 Å². The Morgan fingerprint density at radius 2 is 1.75 bits per heavy atom. The van der Waals surface area contributed by atoms with Crippen molar-refractivity contribution in [3.8, 4) is 0 Å². The number of aliphatic hydroxyl groups excluding tert-OH is 1. The van der Waals surface area contributed by atoms with E-state index in [1.807, 2.05) is 24.3 Å². The van der Waals surface area contributed by atoms with Gasteiger partial charge in [0.05, 0.1) is 6.61 Å². The molecule has 2 N–H and O–H groups in total. The number of halogens is 1. The molecule has 0 aliphatic rings. The normalized spacial score (nSPS) is 10.7. The lowest BCUT2D eigenvalue weighted by Crippen LogP contribution is -2.07. The molecule has 0 heterocycles. The summed E-state index contributed by atoms with van der Waals surface area (Å²) in [5.74, 6) is -0.190. The van der Waals surface area contributed by atoms with Crippen LogP contribution in [0.2, 0.25) is 0 Å². The van der Waals surface area contributed by atoms with Crippen LogP contribution in [0, 0.1) is 0 Å². The van der Waals surface area contributed by atoms with Crippen molar-refractivity contribution in [1.82, 2.24) is 0 Å². The number of carbonyl (C=O) groups is 1. The topological polar surface area (TPSA) is 49.3 Å². The molecule has 2 rings (SSSR count). The highest BCUT2D eigenvalue weighted by Crippen LogP contribution is 2.12. The minimum absolute atomic E-state index is 0.00229. The van der Waals surface area contributed by atoms with Crippen LogP contribution in [0.25, 0.3) is 6.08 Å². The lowest BCUT2D eigenvalue weighted by molar-refractivity contribution is -0.111. The zero-order valence-corrected chi connectivity index (χ0v) is 12.3. The van der Waals surface area contributed by atoms with Gasteiger partial charge in [0.25, 0.3) is 0 Å². The number of hydrogen-bond donors (Lipinski definition) is 2. The van der Waals surface area contributed by atoms with Crippen molar-refractivity contribution in [3.05, 3.63) is 70.2 Å². The minimum atomic E-state index is -0.190. The summed E-state index contributed by atoms with van der Waals surface area (Å²) in [5, 5.41) is 11.7. The van der Waals surface area contributed by atoms with Crippen LogP contribution >= 0.6 is 15.9 Å². The number of aliphatic hydroxyl groups is 1. The van der Waals surface area contributed by atoms with Gasteiger partial charge in [-0.1, -0.05) is 40.2 Å². The van der Waals surface area contributed by atoms with Gasteiger partial charge in [-0.05, 0) is 41.5 Å². The van der Waals surface area contributed by atoms with Crippen molar-refractivity contribution in [1.29, 1.82) is 0 Å². The standard InChI is InChI=1S/C16H14BrNO2/c17-14-6-1-12(2-7-14)5-10-16(20)18-15-8-3-13(11-19)4-9-15/h1-10,19H,11H2,(H,18,20). The van der Waals surface area contributed by atoms with Crippen LogP contribution in [0.1, 0.15) is 11.1 Å². The highest BCUT2D eigenvalue weighted by molar-refractivity contribution is 9.10. The smallest absolute Gasteiger partial charge is 0.248 e. The van der Waals surface area contributed by atoms with E-state index in [2.05, 4.69) is 21.2 Å². The average Bonchev–Trinajstić information content (AvgIpc) is 2.47. The molecule has 0 spiro atoms. The molecule has 0 atom stereocenters. The monoisotopic (exact) mass is 331 g/mol. The van der Waals surface area contributed by atoms with E-state index in [0.717, 1.165) is 15.6 Å². The summed E-state index contributed by atoms with van der Waals surface area (Å²) in [6.45, 7) is -0.00229. The summed E-state index contributed by atoms with van der Waals surface area (Å²) in [5.41, 5.74) is 2.47. The SMILES string of the molecule is O=C(C=Cc1ccc(Br)cc1)Nc1ccc(CO)cc1. The second-order valence-corrected chi connectivity index (χ2v) is 5.14. The molecule has 2 aromatic carbocycles. The fourth-order valence-electron chi connectivity index (χ4n) is 1.62. The van der Waals surface area contributed by atoms with Crippen LogP contribution in [0.3, 0.4) is 0 Å². The molecule has 0 aliphatic heterocycles. The Hall–Kier alpha value is -1.91. The summed E-state index contributed by atoms with van der Waals surface area (Å²) < 4.78 is 1.00. The molecule has 0 fully saturated rings. The van der Waals surface area contributed by atoms with Crippen LogP contribution in [0.15, 0.2) is 59.1 Å². The maximum atomic E-state index is 11.8. The fourth-order valence-corrected chi connectivity index (χ4v) is 1.89. The predicted molar refractivity (Wildman–Crippen MR) is 84.2 cm³/mol. The van der Waals surface area contributed by atoms with Gasteiger partial charge in [0.15, 0.2) is 0 Å². The molecule has 0 aliphatic carbocycles. The van der Waals surface area contributed by atoms with Gasteiger partial charge in [0.1, 0.15) is 0 Å². The third kappa shape index (κ3) is 4.33. The van der Waals surface area contributed by atoms with Crippen molar-refractivity contribution in [2.45, 2.75) is 6.61 Å². The van der Waals surface area contributed by atoms with Crippen LogP contribution in [-0.2, 0) is 11.4 Å². The second kappa shape index (κ2) is 7.03. The van der Waals surface area contributed by atoms with Crippen molar-refractivity contribution in [2.75, 3.05) is 5.32 Å². The molecule has 102 valence electrons. The van der Waals surface area contributed by atoms with Gasteiger partial charge in [-0.2, -0.15) is 0 Å². The summed E-state index contributed by atoms with van der Waals surface area (Å²) in [6, 6.07) is 14.8. The molecule has 0 radical (unpaired) electrons. The van der Waals surface area contributed by atoms with Crippen molar-refractivity contribution < 1.29 is 9.90 Å². The van der Waals surface area contributed by atoms with Crippen molar-refractivity contribution in [3.63, 3.8) is 0 Å². The van der Waals surface area contributed by atoms with Crippen LogP contribution in [-0.4, -0.2) is 11.0 Å². The van der Waals surface area contributed by atoms with Crippen molar-refractivity contribution >= 4 is 33.6 Å². The van der Waals surface area contributed by atoms with E-state index >= 15 is 0 Å². The Bertz CT molecular complexity index is 603. The first kappa shape index (κ1) is 14.5. The maximum absolute atomic E-state index is 11.8. The number of hydrogen-bond acceptors (Lipinski definition) is 2. The number of carbonyl (C=O) groups excluding carboxylic acids is 1. The lowest BCUT2D eigenvalue weighted by atomic mass is 10.2. The fraction of sp³-hybridized carbons (Fsp3) is 0.0625. The first-order chi connectivity index (χ1) is 9.67. The predicted octanol–water partition coefficient (Wildman–Crippen LogP) is 3.59. The van der Waals surface area contributed by atoms with Crippen LogP contribution in [0.4, 0.5) is 5.69 Å². The summed E-state index contributed by atoms with van der Waals surface area (Å²) in [4.78, 5) is 11.8. The Labute approximate surface area is 126 Å². The molecule has 0 unspecified atom stereocenters. The Morgan fingerprint density at radius 3 is 2.35 bits per heavy atom. The van der Waals surface area contributed by atoms with Crippen LogP contribution < -0.4 is 5.32 Å². The van der Waals surface area contributed by atoms with E-state index in [0.29, 0.717) is 5.69 Å². The molecule has 2 aromatic rings. The Balaban J connectivity index is 1.96. The van der Waals surface area contributed by atoms with Crippen molar-refractivity contribution in [2.24, 2.45) is 0 Å². The van der Waals surface area contributed by atoms with E-state index in [4.69, 9.17) is 5.11 Å². The number of nitrogens with one attached hydrogen (secondary N) is 1. The number of rotatable bonds is 4. The molecule has 0 bridgehead atoms. The first-order valence-electron chi connectivity index (χ1n) is 6.12. The van der Waals surface area contributed by atoms with E-state index < -0.39 is 0 Å². The third-order valence-electron chi connectivity index (χ3n) is 2.70. The molecular formula is C16H14BrNO2. The number of benzene rings is 2. The molecule has 0 aromatic heterocycles. The third-order valence-corrected chi connectivity index (χ3v) is 3.23. The van der Waals surface area contributed by atoms with E-state index in [1.54, 1.807) is 30.3 Å². The molecule has 1 amide bonds. The number of anilines is 1. The summed E-state index contributed by atoms with van der Waals surface area (Å²) in [6.07, 6.45) is 3.24. The minimum Gasteiger partial charge on any atom is -0.392 e. The second-order valence-electron chi connectivity index (χ2n) is 4.23. The van der Waals surface area contributed by atoms with Gasteiger partial charge < -0.3 is 10.4 Å². The quantitative estimate of drug-likeness (QED) is 0.841. The molecule has 20 heavy (non-hydrogen) atoms. The van der Waals surface area contributed by atoms with Gasteiger partial charge in [-0.15, -0.1) is 0 Å². The highest BCUT2D eigenvalue weighted by atomic mass is 79.9. The summed E-state index contributed by atoms with van der Waals surface area (Å²) in [7, 11) is 0. The zero-order valence-electron chi connectivity index (χ0n) is 10.7. The number of amides is 1. The molecule has 4 heteroatoms. The highest BCUT2D eigenvalue weighted by Gasteiger charge is 1.98. The maximum Gasteiger partial charge on any atom is 0.248 e. The van der Waals surface area contributed by atoms with Gasteiger partial charge >= 0.3 is 0 Å². The molecule has 0 saturated heterocycles. The molecule has 0 saturated carbocycles. The van der Waals surface area contributed by atoms with Gasteiger partial charge in [-0.25, -0.2) is 0 Å². The Kier molecular flexibility index (Phi) is 5.09. The lowest BCUT2D eigenvalue weighted by Gasteiger charge is -2.03. The first-order valence-corrected chi connectivity index (χ1v) is 6.91. The average molecular weight is 332 g/mol. The molecule has 3 nitrogen and oxygen atoms in total. The molecular weight excluding hydrogens is 318 g/mol. The zero-order chi connectivity index (χ0) is 14.4. The van der Waals surface area contributed by atoms with E-state index in [-0.39, 0.29) is 12.5 Å². The van der Waals surface area contributed by atoms with Gasteiger partial charge in [0, 0.05) is 16.2 Å². The van der Waals surface area contributed by atoms with Crippen LogP contribution in [0.5, 0.6) is 0 Å². The van der Waals surface area contributed by atoms with Gasteiger partial charge in [-0.3, -0.25) is 4.79 Å². The van der Waals surface area contributed by atoms with E-state index in [9.17, 15) is 4.79 Å². The largest absolute Gasteiger partial charge is 0.392 e.